The summed E-state index contributed by atoms with van der Waals surface area (Å²) in [7, 11) is 0. The molecule has 1 aromatic carbocycles. The molecule has 108 valence electrons. The van der Waals surface area contributed by atoms with E-state index in [1.165, 1.54) is 23.5 Å². The van der Waals surface area contributed by atoms with Gasteiger partial charge in [-0.05, 0) is 30.5 Å². The summed E-state index contributed by atoms with van der Waals surface area (Å²) in [5.74, 6) is -0.930. The highest BCUT2D eigenvalue weighted by Gasteiger charge is 2.12. The molecule has 0 bridgehead atoms. The summed E-state index contributed by atoms with van der Waals surface area (Å²) in [5.41, 5.74) is 0.0450. The average molecular weight is 306 g/mol. The minimum atomic E-state index is -0.926. The molecule has 0 amide bonds. The van der Waals surface area contributed by atoms with Gasteiger partial charge in [0.05, 0.1) is 11.1 Å². The van der Waals surface area contributed by atoms with Gasteiger partial charge in [-0.15, -0.1) is 11.3 Å². The van der Waals surface area contributed by atoms with Crippen molar-refractivity contribution in [2.45, 2.75) is 6.92 Å². The molecule has 0 aliphatic rings. The maximum absolute atomic E-state index is 13.8. The van der Waals surface area contributed by atoms with Gasteiger partial charge in [0.2, 0.25) is 5.95 Å². The molecule has 3 aromatic rings. The highest BCUT2D eigenvalue weighted by Crippen LogP contribution is 2.29. The molecule has 4 nitrogen and oxygen atoms in total. The summed E-state index contributed by atoms with van der Waals surface area (Å²) >= 11 is 1.46. The van der Waals surface area contributed by atoms with Crippen molar-refractivity contribution in [2.24, 2.45) is 0 Å². The summed E-state index contributed by atoms with van der Waals surface area (Å²) < 4.78 is 27.0. The maximum atomic E-state index is 13.8. The first kappa shape index (κ1) is 13.7. The zero-order valence-corrected chi connectivity index (χ0v) is 12.0. The van der Waals surface area contributed by atoms with Crippen LogP contribution in [-0.4, -0.2) is 16.5 Å². The predicted octanol–water partition coefficient (Wildman–Crippen LogP) is 4.14. The van der Waals surface area contributed by atoms with Crippen LogP contribution >= 0.6 is 11.3 Å². The normalized spacial score (nSPS) is 10.8. The summed E-state index contributed by atoms with van der Waals surface area (Å²) in [6.07, 6.45) is 0. The van der Waals surface area contributed by atoms with Crippen LogP contribution in [0.5, 0.6) is 0 Å². The topological polar surface area (TPSA) is 49.8 Å². The first-order chi connectivity index (χ1) is 10.2. The second kappa shape index (κ2) is 5.61. The number of benzene rings is 1. The minimum absolute atomic E-state index is 0.0450. The van der Waals surface area contributed by atoms with E-state index < -0.39 is 11.6 Å². The van der Waals surface area contributed by atoms with Crippen LogP contribution in [0.4, 0.5) is 26.2 Å². The van der Waals surface area contributed by atoms with E-state index in [1.54, 1.807) is 0 Å². The fraction of sp³-hybridized carbons (Fsp3) is 0.143. The Morgan fingerprint density at radius 2 is 2.05 bits per heavy atom. The number of fused-ring (bicyclic) bond motifs is 1. The van der Waals surface area contributed by atoms with Crippen molar-refractivity contribution < 1.29 is 8.78 Å². The van der Waals surface area contributed by atoms with Crippen molar-refractivity contribution in [3.8, 4) is 0 Å². The molecular formula is C14H12F2N4S. The minimum Gasteiger partial charge on any atom is -0.354 e. The molecule has 0 atom stereocenters. The number of nitrogens with one attached hydrogen (secondary N) is 2. The highest BCUT2D eigenvalue weighted by atomic mass is 32.1. The summed E-state index contributed by atoms with van der Waals surface area (Å²) in [4.78, 5) is 9.45. The Hall–Kier alpha value is -2.28. The summed E-state index contributed by atoms with van der Waals surface area (Å²) in [6, 6.07) is 5.82. The lowest BCUT2D eigenvalue weighted by molar-refractivity contribution is 0.512. The zero-order chi connectivity index (χ0) is 14.8. The number of anilines is 3. The first-order valence-corrected chi connectivity index (χ1v) is 7.27. The van der Waals surface area contributed by atoms with Gasteiger partial charge < -0.3 is 10.6 Å². The van der Waals surface area contributed by atoms with Crippen LogP contribution in [0.15, 0.2) is 29.6 Å². The molecule has 0 aliphatic heterocycles. The largest absolute Gasteiger partial charge is 0.354 e. The van der Waals surface area contributed by atoms with Crippen LogP contribution in [0, 0.1) is 11.6 Å². The van der Waals surface area contributed by atoms with Gasteiger partial charge in [0.15, 0.2) is 11.6 Å². The number of nitrogens with zero attached hydrogens (tertiary/aromatic N) is 2. The number of hydrogen-bond acceptors (Lipinski definition) is 5. The molecule has 0 fully saturated rings. The maximum Gasteiger partial charge on any atom is 0.226 e. The lowest BCUT2D eigenvalue weighted by Crippen LogP contribution is -2.05. The zero-order valence-electron chi connectivity index (χ0n) is 11.2. The quantitative estimate of drug-likeness (QED) is 0.760. The predicted molar refractivity (Wildman–Crippen MR) is 81.2 cm³/mol. The third kappa shape index (κ3) is 2.64. The molecule has 0 spiro atoms. The molecule has 0 saturated carbocycles. The molecule has 2 heterocycles. The lowest BCUT2D eigenvalue weighted by Gasteiger charge is -2.10. The highest BCUT2D eigenvalue weighted by molar-refractivity contribution is 7.16. The summed E-state index contributed by atoms with van der Waals surface area (Å²) in [5, 5.41) is 8.51. The van der Waals surface area contributed by atoms with E-state index in [2.05, 4.69) is 20.6 Å². The number of rotatable bonds is 4. The van der Waals surface area contributed by atoms with E-state index in [0.29, 0.717) is 18.3 Å². The molecule has 0 radical (unpaired) electrons. The Labute approximate surface area is 123 Å². The van der Waals surface area contributed by atoms with E-state index in [0.717, 1.165) is 16.3 Å². The van der Waals surface area contributed by atoms with Crippen LogP contribution in [0.1, 0.15) is 6.92 Å². The molecule has 21 heavy (non-hydrogen) atoms. The van der Waals surface area contributed by atoms with Crippen molar-refractivity contribution in [3.63, 3.8) is 0 Å². The van der Waals surface area contributed by atoms with Crippen molar-refractivity contribution in [2.75, 3.05) is 17.2 Å². The van der Waals surface area contributed by atoms with E-state index in [-0.39, 0.29) is 5.69 Å². The van der Waals surface area contributed by atoms with Crippen LogP contribution < -0.4 is 10.6 Å². The molecule has 0 saturated heterocycles. The van der Waals surface area contributed by atoms with E-state index in [1.807, 2.05) is 18.4 Å². The van der Waals surface area contributed by atoms with Gasteiger partial charge in [-0.2, -0.15) is 4.98 Å². The van der Waals surface area contributed by atoms with Gasteiger partial charge >= 0.3 is 0 Å². The van der Waals surface area contributed by atoms with Gasteiger partial charge in [-0.25, -0.2) is 13.8 Å². The molecular weight excluding hydrogens is 294 g/mol. The Morgan fingerprint density at radius 3 is 2.86 bits per heavy atom. The Morgan fingerprint density at radius 1 is 1.19 bits per heavy atom. The fourth-order valence-corrected chi connectivity index (χ4v) is 2.68. The monoisotopic (exact) mass is 306 g/mol. The van der Waals surface area contributed by atoms with Crippen molar-refractivity contribution in [1.82, 2.24) is 9.97 Å². The molecule has 7 heteroatoms. The number of halogens is 2. The van der Waals surface area contributed by atoms with Gasteiger partial charge in [0.25, 0.3) is 0 Å². The van der Waals surface area contributed by atoms with Gasteiger partial charge in [0.1, 0.15) is 10.6 Å². The van der Waals surface area contributed by atoms with Crippen LogP contribution in [0.2, 0.25) is 0 Å². The third-order valence-electron chi connectivity index (χ3n) is 2.86. The van der Waals surface area contributed by atoms with E-state index in [9.17, 15) is 8.78 Å². The van der Waals surface area contributed by atoms with Gasteiger partial charge in [0, 0.05) is 6.54 Å². The fourth-order valence-electron chi connectivity index (χ4n) is 1.92. The van der Waals surface area contributed by atoms with Crippen molar-refractivity contribution >= 4 is 39.0 Å². The third-order valence-corrected chi connectivity index (χ3v) is 3.67. The van der Waals surface area contributed by atoms with Crippen molar-refractivity contribution in [3.05, 3.63) is 41.3 Å². The average Bonchev–Trinajstić information content (AvgIpc) is 2.93. The Balaban J connectivity index is 2.06. The molecule has 2 aromatic heterocycles. The van der Waals surface area contributed by atoms with Gasteiger partial charge in [-0.3, -0.25) is 0 Å². The van der Waals surface area contributed by atoms with Crippen LogP contribution in [0.25, 0.3) is 10.2 Å². The van der Waals surface area contributed by atoms with Crippen molar-refractivity contribution in [1.29, 1.82) is 0 Å². The molecule has 3 rings (SSSR count). The SMILES string of the molecule is CCNc1nc(Nc2cccc(F)c2F)c2ccsc2n1. The van der Waals surface area contributed by atoms with Gasteiger partial charge in [-0.1, -0.05) is 6.07 Å². The molecule has 0 unspecified atom stereocenters. The molecule has 2 N–H and O–H groups in total. The number of hydrogen-bond donors (Lipinski definition) is 2. The molecule has 0 aliphatic carbocycles. The number of aromatic nitrogens is 2. The Kier molecular flexibility index (Phi) is 3.66. The summed E-state index contributed by atoms with van der Waals surface area (Å²) in [6.45, 7) is 2.60. The number of thiophene rings is 1. The van der Waals surface area contributed by atoms with E-state index in [4.69, 9.17) is 0 Å². The van der Waals surface area contributed by atoms with Crippen LogP contribution in [-0.2, 0) is 0 Å². The van der Waals surface area contributed by atoms with Crippen LogP contribution in [0.3, 0.4) is 0 Å². The second-order valence-corrected chi connectivity index (χ2v) is 5.19. The lowest BCUT2D eigenvalue weighted by atomic mass is 10.3. The van der Waals surface area contributed by atoms with E-state index >= 15 is 0 Å². The first-order valence-electron chi connectivity index (χ1n) is 6.39. The standard InChI is InChI=1S/C14H12F2N4S/c1-2-17-14-19-12(8-6-7-21-13(8)20-14)18-10-5-3-4-9(15)11(10)16/h3-7H,2H2,1H3,(H2,17,18,19,20). The second-order valence-electron chi connectivity index (χ2n) is 4.29. The smallest absolute Gasteiger partial charge is 0.226 e. The Bertz CT molecular complexity index is 788.